The van der Waals surface area contributed by atoms with Crippen molar-refractivity contribution in [3.63, 3.8) is 0 Å². The Bertz CT molecular complexity index is 175. The Kier molecular flexibility index (Phi) is 5.96. The molecule has 3 heteroatoms. The summed E-state index contributed by atoms with van der Waals surface area (Å²) in [5, 5.41) is 0. The van der Waals surface area contributed by atoms with Gasteiger partial charge in [0.25, 0.3) is 0 Å². The molecule has 0 aliphatic rings. The largest absolute Gasteiger partial charge is 0.385 e. The van der Waals surface area contributed by atoms with Gasteiger partial charge in [0.05, 0.1) is 0 Å². The molecule has 0 aromatic rings. The second kappa shape index (κ2) is 6.14. The molecule has 0 fully saturated rings. The summed E-state index contributed by atoms with van der Waals surface area (Å²) in [5.41, 5.74) is -0.665. The molecule has 0 rings (SSSR count). The third-order valence-electron chi connectivity index (χ3n) is 2.30. The van der Waals surface area contributed by atoms with Gasteiger partial charge in [-0.2, -0.15) is 0 Å². The van der Waals surface area contributed by atoms with Gasteiger partial charge in [-0.25, -0.2) is 0 Å². The zero-order chi connectivity index (χ0) is 11.2. The maximum Gasteiger partial charge on any atom is 0.166 e. The highest BCUT2D eigenvalue weighted by Gasteiger charge is 2.31. The lowest BCUT2D eigenvalue weighted by Gasteiger charge is -2.26. The molecule has 1 unspecified atom stereocenters. The van der Waals surface area contributed by atoms with Crippen molar-refractivity contribution in [1.29, 1.82) is 0 Å². The number of carbonyl (C=O) groups excluding carboxylic acids is 1. The monoisotopic (exact) mass is 202 g/mol. The summed E-state index contributed by atoms with van der Waals surface area (Å²) >= 11 is 0. The molecule has 0 aromatic heterocycles. The Labute approximate surface area is 86.8 Å². The van der Waals surface area contributed by atoms with E-state index in [4.69, 9.17) is 9.47 Å². The summed E-state index contributed by atoms with van der Waals surface area (Å²) < 4.78 is 10.3. The lowest BCUT2D eigenvalue weighted by atomic mass is 9.91. The van der Waals surface area contributed by atoms with E-state index < -0.39 is 5.60 Å². The Morgan fingerprint density at radius 3 is 2.43 bits per heavy atom. The summed E-state index contributed by atoms with van der Waals surface area (Å²) in [6.45, 7) is 8.64. The van der Waals surface area contributed by atoms with E-state index in [1.54, 1.807) is 7.11 Å². The molecule has 0 bridgehead atoms. The molecule has 0 amide bonds. The van der Waals surface area contributed by atoms with Crippen LogP contribution >= 0.6 is 0 Å². The number of ether oxygens (including phenoxy) is 2. The molecule has 0 heterocycles. The zero-order valence-corrected chi connectivity index (χ0v) is 9.92. The summed E-state index contributed by atoms with van der Waals surface area (Å²) in [4.78, 5) is 11.9. The van der Waals surface area contributed by atoms with Crippen molar-refractivity contribution in [2.24, 2.45) is 5.92 Å². The van der Waals surface area contributed by atoms with Crippen LogP contribution in [0.4, 0.5) is 0 Å². The van der Waals surface area contributed by atoms with E-state index in [1.165, 1.54) is 0 Å². The molecule has 84 valence electrons. The Morgan fingerprint density at radius 1 is 1.43 bits per heavy atom. The Hall–Kier alpha value is -0.410. The summed E-state index contributed by atoms with van der Waals surface area (Å²) in [7, 11) is 1.64. The highest BCUT2D eigenvalue weighted by atomic mass is 16.5. The average Bonchev–Trinajstić information content (AvgIpc) is 2.12. The molecule has 0 spiro atoms. The zero-order valence-electron chi connectivity index (χ0n) is 9.92. The summed E-state index contributed by atoms with van der Waals surface area (Å²) in [5.74, 6) is 0.146. The number of hydrogen-bond donors (Lipinski definition) is 0. The number of hydrogen-bond acceptors (Lipinski definition) is 3. The third-order valence-corrected chi connectivity index (χ3v) is 2.30. The average molecular weight is 202 g/mol. The van der Waals surface area contributed by atoms with Crippen LogP contribution in [-0.4, -0.2) is 31.7 Å². The lowest BCUT2D eigenvalue weighted by molar-refractivity contribution is -0.144. The van der Waals surface area contributed by atoms with E-state index in [2.05, 4.69) is 0 Å². The molecule has 0 aliphatic carbocycles. The van der Waals surface area contributed by atoms with Gasteiger partial charge in [-0.1, -0.05) is 6.92 Å². The van der Waals surface area contributed by atoms with E-state index in [9.17, 15) is 4.79 Å². The van der Waals surface area contributed by atoms with Crippen LogP contribution in [0.1, 0.15) is 34.1 Å². The quantitative estimate of drug-likeness (QED) is 0.633. The van der Waals surface area contributed by atoms with Crippen molar-refractivity contribution in [1.82, 2.24) is 0 Å². The van der Waals surface area contributed by atoms with Gasteiger partial charge in [-0.05, 0) is 27.2 Å². The van der Waals surface area contributed by atoms with E-state index in [0.29, 0.717) is 13.2 Å². The number of carbonyl (C=O) groups is 1. The minimum atomic E-state index is -0.665. The highest BCUT2D eigenvalue weighted by molar-refractivity contribution is 5.88. The predicted octanol–water partition coefficient (Wildman–Crippen LogP) is 2.04. The van der Waals surface area contributed by atoms with Crippen LogP contribution in [0.15, 0.2) is 0 Å². The number of ketones is 1. The first-order chi connectivity index (χ1) is 6.45. The molecule has 14 heavy (non-hydrogen) atoms. The summed E-state index contributed by atoms with van der Waals surface area (Å²) in [6.07, 6.45) is 0.756. The van der Waals surface area contributed by atoms with Crippen molar-refractivity contribution in [2.75, 3.05) is 20.3 Å². The number of methoxy groups -OCH3 is 1. The Balaban J connectivity index is 4.15. The summed E-state index contributed by atoms with van der Waals surface area (Å²) in [6, 6.07) is 0. The minimum Gasteiger partial charge on any atom is -0.385 e. The fourth-order valence-corrected chi connectivity index (χ4v) is 1.45. The van der Waals surface area contributed by atoms with Crippen LogP contribution in [0.25, 0.3) is 0 Å². The molecule has 0 N–H and O–H groups in total. The molecule has 0 aliphatic heterocycles. The van der Waals surface area contributed by atoms with Crippen molar-refractivity contribution in [3.05, 3.63) is 0 Å². The minimum absolute atomic E-state index is 0.00324. The van der Waals surface area contributed by atoms with Gasteiger partial charge in [0, 0.05) is 26.2 Å². The fraction of sp³-hybridized carbons (Fsp3) is 0.909. The normalized spacial score (nSPS) is 14.1. The van der Waals surface area contributed by atoms with Crippen LogP contribution in [0.2, 0.25) is 0 Å². The van der Waals surface area contributed by atoms with Gasteiger partial charge in [-0.3, -0.25) is 4.79 Å². The molecule has 0 saturated carbocycles. The van der Waals surface area contributed by atoms with Gasteiger partial charge >= 0.3 is 0 Å². The van der Waals surface area contributed by atoms with Gasteiger partial charge in [0.2, 0.25) is 0 Å². The molecule has 3 nitrogen and oxygen atoms in total. The number of Topliss-reactive ketones (excluding diaryl/α,β-unsaturated/α-hetero) is 1. The van der Waals surface area contributed by atoms with Crippen molar-refractivity contribution < 1.29 is 14.3 Å². The van der Waals surface area contributed by atoms with Crippen LogP contribution in [-0.2, 0) is 14.3 Å². The first kappa shape index (κ1) is 13.6. The number of rotatable bonds is 7. The van der Waals surface area contributed by atoms with Crippen molar-refractivity contribution in [3.8, 4) is 0 Å². The molecular weight excluding hydrogens is 180 g/mol. The van der Waals surface area contributed by atoms with Crippen molar-refractivity contribution in [2.45, 2.75) is 39.7 Å². The third kappa shape index (κ3) is 4.20. The second-order valence-electron chi connectivity index (χ2n) is 3.99. The standard InChI is InChI=1S/C11H22O3/c1-6-14-11(3,4)10(12)9(2)7-8-13-5/h9H,6-8H2,1-5H3. The second-order valence-corrected chi connectivity index (χ2v) is 3.99. The van der Waals surface area contributed by atoms with Gasteiger partial charge < -0.3 is 9.47 Å². The fourth-order valence-electron chi connectivity index (χ4n) is 1.45. The van der Waals surface area contributed by atoms with E-state index >= 15 is 0 Å². The van der Waals surface area contributed by atoms with E-state index in [1.807, 2.05) is 27.7 Å². The van der Waals surface area contributed by atoms with Gasteiger partial charge in [0.15, 0.2) is 5.78 Å². The van der Waals surface area contributed by atoms with Gasteiger partial charge in [0.1, 0.15) is 5.60 Å². The van der Waals surface area contributed by atoms with Crippen LogP contribution in [0.5, 0.6) is 0 Å². The first-order valence-electron chi connectivity index (χ1n) is 5.13. The smallest absolute Gasteiger partial charge is 0.166 e. The van der Waals surface area contributed by atoms with Crippen molar-refractivity contribution >= 4 is 5.78 Å². The van der Waals surface area contributed by atoms with Gasteiger partial charge in [-0.15, -0.1) is 0 Å². The maximum atomic E-state index is 11.9. The SMILES string of the molecule is CCOC(C)(C)C(=O)C(C)CCOC. The topological polar surface area (TPSA) is 35.5 Å². The predicted molar refractivity (Wildman–Crippen MR) is 56.4 cm³/mol. The van der Waals surface area contributed by atoms with Crippen LogP contribution in [0.3, 0.4) is 0 Å². The highest BCUT2D eigenvalue weighted by Crippen LogP contribution is 2.18. The molecule has 1 atom stereocenters. The van der Waals surface area contributed by atoms with E-state index in [0.717, 1.165) is 6.42 Å². The molecule has 0 aromatic carbocycles. The molecular formula is C11H22O3. The molecule has 0 saturated heterocycles. The lowest BCUT2D eigenvalue weighted by Crippen LogP contribution is -2.39. The van der Waals surface area contributed by atoms with Crippen LogP contribution < -0.4 is 0 Å². The Morgan fingerprint density at radius 2 is 2.00 bits per heavy atom. The van der Waals surface area contributed by atoms with E-state index in [-0.39, 0.29) is 11.7 Å². The molecule has 0 radical (unpaired) electrons. The maximum absolute atomic E-state index is 11.9. The first-order valence-corrected chi connectivity index (χ1v) is 5.13. The van der Waals surface area contributed by atoms with Crippen LogP contribution in [0, 0.1) is 5.92 Å².